The van der Waals surface area contributed by atoms with E-state index in [1.54, 1.807) is 24.5 Å². The first-order valence-corrected chi connectivity index (χ1v) is 7.54. The number of nitrogens with one attached hydrogen (secondary N) is 1. The number of amides is 1. The number of fused-ring (bicyclic) bond motifs is 2. The summed E-state index contributed by atoms with van der Waals surface area (Å²) in [5.41, 5.74) is 2.18. The summed E-state index contributed by atoms with van der Waals surface area (Å²) in [6.07, 6.45) is 4.16. The molecule has 0 fully saturated rings. The lowest BCUT2D eigenvalue weighted by molar-refractivity contribution is 0.0920. The minimum atomic E-state index is -0.176. The van der Waals surface area contributed by atoms with E-state index in [-0.39, 0.29) is 11.9 Å². The van der Waals surface area contributed by atoms with Gasteiger partial charge in [-0.25, -0.2) is 4.98 Å². The number of nitrogens with zero attached hydrogens (tertiary/aromatic N) is 2. The van der Waals surface area contributed by atoms with E-state index in [1.807, 2.05) is 30.3 Å². The van der Waals surface area contributed by atoms with E-state index in [1.165, 1.54) is 0 Å². The number of hydrogen-bond donors (Lipinski definition) is 1. The van der Waals surface area contributed by atoms with Crippen LogP contribution in [0.3, 0.4) is 0 Å². The van der Waals surface area contributed by atoms with Gasteiger partial charge in [0.1, 0.15) is 11.4 Å². The third kappa shape index (κ3) is 2.61. The zero-order chi connectivity index (χ0) is 15.6. The second-order valence-electron chi connectivity index (χ2n) is 5.47. The first-order valence-electron chi connectivity index (χ1n) is 7.54. The van der Waals surface area contributed by atoms with Gasteiger partial charge in [0, 0.05) is 29.8 Å². The number of para-hydroxylation sites is 1. The summed E-state index contributed by atoms with van der Waals surface area (Å²) in [7, 11) is 0. The summed E-state index contributed by atoms with van der Waals surface area (Å²) in [4.78, 5) is 21.0. The maximum absolute atomic E-state index is 12.5. The molecule has 1 aliphatic rings. The molecule has 23 heavy (non-hydrogen) atoms. The van der Waals surface area contributed by atoms with Crippen molar-refractivity contribution in [3.05, 3.63) is 66.1 Å². The Morgan fingerprint density at radius 1 is 1.17 bits per heavy atom. The van der Waals surface area contributed by atoms with Crippen molar-refractivity contribution in [3.63, 3.8) is 0 Å². The summed E-state index contributed by atoms with van der Waals surface area (Å²) in [6.45, 7) is 0.596. The van der Waals surface area contributed by atoms with Gasteiger partial charge in [-0.3, -0.25) is 9.78 Å². The fraction of sp³-hybridized carbons (Fsp3) is 0.167. The van der Waals surface area contributed by atoms with Gasteiger partial charge >= 0.3 is 0 Å². The molecule has 0 aliphatic carbocycles. The summed E-state index contributed by atoms with van der Waals surface area (Å²) in [5, 5.41) is 3.98. The molecule has 4 rings (SSSR count). The van der Waals surface area contributed by atoms with Crippen LogP contribution in [0.4, 0.5) is 0 Å². The van der Waals surface area contributed by atoms with Crippen molar-refractivity contribution >= 4 is 16.8 Å². The van der Waals surface area contributed by atoms with Gasteiger partial charge in [0.25, 0.3) is 5.91 Å². The SMILES string of the molecule is O=C(NC1CCOc2ccccc21)c1ccc2cnccc2n1. The highest BCUT2D eigenvalue weighted by molar-refractivity contribution is 5.95. The molecule has 2 aromatic heterocycles. The number of pyridine rings is 2. The van der Waals surface area contributed by atoms with E-state index in [9.17, 15) is 4.79 Å². The van der Waals surface area contributed by atoms with Gasteiger partial charge in [0.2, 0.25) is 0 Å². The van der Waals surface area contributed by atoms with Crippen molar-refractivity contribution in [1.29, 1.82) is 0 Å². The highest BCUT2D eigenvalue weighted by atomic mass is 16.5. The third-order valence-corrected chi connectivity index (χ3v) is 3.99. The predicted octanol–water partition coefficient (Wildman–Crippen LogP) is 2.88. The molecule has 114 valence electrons. The maximum atomic E-state index is 12.5. The van der Waals surface area contributed by atoms with Crippen LogP contribution in [-0.4, -0.2) is 22.5 Å². The molecular formula is C18H15N3O2. The minimum absolute atomic E-state index is 0.0533. The van der Waals surface area contributed by atoms with E-state index in [4.69, 9.17) is 4.74 Å². The van der Waals surface area contributed by atoms with Crippen LogP contribution in [0.2, 0.25) is 0 Å². The first-order chi connectivity index (χ1) is 11.3. The van der Waals surface area contributed by atoms with E-state index >= 15 is 0 Å². The normalized spacial score (nSPS) is 16.4. The second-order valence-corrected chi connectivity index (χ2v) is 5.47. The zero-order valence-electron chi connectivity index (χ0n) is 12.4. The summed E-state index contributed by atoms with van der Waals surface area (Å²) >= 11 is 0. The molecular weight excluding hydrogens is 290 g/mol. The molecule has 3 aromatic rings. The quantitative estimate of drug-likeness (QED) is 0.790. The molecule has 0 radical (unpaired) electrons. The van der Waals surface area contributed by atoms with Crippen LogP contribution in [0.15, 0.2) is 54.9 Å². The lowest BCUT2D eigenvalue weighted by Crippen LogP contribution is -2.32. The van der Waals surface area contributed by atoms with Crippen LogP contribution in [0, 0.1) is 0 Å². The molecule has 1 aliphatic heterocycles. The van der Waals surface area contributed by atoms with Crippen LogP contribution >= 0.6 is 0 Å². The van der Waals surface area contributed by atoms with Gasteiger partial charge in [-0.2, -0.15) is 0 Å². The molecule has 3 heterocycles. The van der Waals surface area contributed by atoms with Gasteiger partial charge < -0.3 is 10.1 Å². The van der Waals surface area contributed by atoms with Gasteiger partial charge in [0.05, 0.1) is 18.2 Å². The van der Waals surface area contributed by atoms with Crippen molar-refractivity contribution in [2.45, 2.75) is 12.5 Å². The number of carbonyl (C=O) groups is 1. The summed E-state index contributed by atoms with van der Waals surface area (Å²) in [5.74, 6) is 0.659. The van der Waals surface area contributed by atoms with Crippen molar-refractivity contribution in [2.75, 3.05) is 6.61 Å². The topological polar surface area (TPSA) is 64.1 Å². The minimum Gasteiger partial charge on any atom is -0.493 e. The Labute approximate surface area is 133 Å². The highest BCUT2D eigenvalue weighted by Crippen LogP contribution is 2.31. The van der Waals surface area contributed by atoms with Crippen LogP contribution in [-0.2, 0) is 0 Å². The standard InChI is InChI=1S/C18H15N3O2/c22-18(16-6-5-12-11-19-9-7-14(12)20-16)21-15-8-10-23-17-4-2-1-3-13(15)17/h1-7,9,11,15H,8,10H2,(H,21,22). The Kier molecular flexibility index (Phi) is 3.38. The number of ether oxygens (including phenoxy) is 1. The van der Waals surface area contributed by atoms with E-state index in [2.05, 4.69) is 15.3 Å². The van der Waals surface area contributed by atoms with Gasteiger partial charge in [-0.05, 0) is 24.3 Å². The molecule has 0 bridgehead atoms. The van der Waals surface area contributed by atoms with Gasteiger partial charge in [0.15, 0.2) is 0 Å². The Morgan fingerprint density at radius 3 is 3.04 bits per heavy atom. The monoisotopic (exact) mass is 305 g/mol. The zero-order valence-corrected chi connectivity index (χ0v) is 12.4. The molecule has 1 amide bonds. The van der Waals surface area contributed by atoms with Crippen LogP contribution < -0.4 is 10.1 Å². The van der Waals surface area contributed by atoms with Crippen LogP contribution in [0.25, 0.3) is 10.9 Å². The molecule has 0 saturated heterocycles. The predicted molar refractivity (Wildman–Crippen MR) is 86.3 cm³/mol. The van der Waals surface area contributed by atoms with E-state index in [0.29, 0.717) is 12.3 Å². The summed E-state index contributed by atoms with van der Waals surface area (Å²) in [6, 6.07) is 13.1. The Bertz CT molecular complexity index is 879. The molecule has 1 unspecified atom stereocenters. The fourth-order valence-electron chi connectivity index (χ4n) is 2.82. The fourth-order valence-corrected chi connectivity index (χ4v) is 2.82. The van der Waals surface area contributed by atoms with Gasteiger partial charge in [-0.1, -0.05) is 18.2 Å². The number of hydrogen-bond acceptors (Lipinski definition) is 4. The lowest BCUT2D eigenvalue weighted by Gasteiger charge is -2.26. The Balaban J connectivity index is 1.60. The smallest absolute Gasteiger partial charge is 0.270 e. The second kappa shape index (κ2) is 5.68. The van der Waals surface area contributed by atoms with Crippen molar-refractivity contribution in [2.24, 2.45) is 0 Å². The summed E-state index contributed by atoms with van der Waals surface area (Å²) < 4.78 is 5.62. The molecule has 5 heteroatoms. The van der Waals surface area contributed by atoms with Crippen LogP contribution in [0.1, 0.15) is 28.5 Å². The third-order valence-electron chi connectivity index (χ3n) is 3.99. The Hall–Kier alpha value is -2.95. The number of carbonyl (C=O) groups excluding carboxylic acids is 1. The molecule has 1 atom stereocenters. The molecule has 5 nitrogen and oxygen atoms in total. The van der Waals surface area contributed by atoms with Gasteiger partial charge in [-0.15, -0.1) is 0 Å². The van der Waals surface area contributed by atoms with Crippen LogP contribution in [0.5, 0.6) is 5.75 Å². The van der Waals surface area contributed by atoms with Crippen molar-refractivity contribution in [3.8, 4) is 5.75 Å². The lowest BCUT2D eigenvalue weighted by atomic mass is 10.0. The van der Waals surface area contributed by atoms with E-state index in [0.717, 1.165) is 28.6 Å². The highest BCUT2D eigenvalue weighted by Gasteiger charge is 2.23. The van der Waals surface area contributed by atoms with E-state index < -0.39 is 0 Å². The first kappa shape index (κ1) is 13.7. The molecule has 1 N–H and O–H groups in total. The number of rotatable bonds is 2. The largest absolute Gasteiger partial charge is 0.493 e. The molecule has 1 aromatic carbocycles. The average Bonchev–Trinajstić information content (AvgIpc) is 2.61. The number of benzene rings is 1. The van der Waals surface area contributed by atoms with Crippen molar-refractivity contribution in [1.82, 2.24) is 15.3 Å². The number of aromatic nitrogens is 2. The molecule has 0 saturated carbocycles. The maximum Gasteiger partial charge on any atom is 0.270 e. The average molecular weight is 305 g/mol. The Morgan fingerprint density at radius 2 is 2.09 bits per heavy atom. The van der Waals surface area contributed by atoms with Crippen molar-refractivity contribution < 1.29 is 9.53 Å². The molecule has 0 spiro atoms.